The van der Waals surface area contributed by atoms with E-state index in [2.05, 4.69) is 89.3 Å². The van der Waals surface area contributed by atoms with Gasteiger partial charge in [0.15, 0.2) is 0 Å². The predicted molar refractivity (Wildman–Crippen MR) is 98.1 cm³/mol. The normalized spacial score (nSPS) is 13.2. The van der Waals surface area contributed by atoms with Crippen molar-refractivity contribution in [1.29, 1.82) is 0 Å². The van der Waals surface area contributed by atoms with E-state index in [4.69, 9.17) is 0 Å². The minimum atomic E-state index is -2.47. The van der Waals surface area contributed by atoms with Crippen molar-refractivity contribution in [3.05, 3.63) is 86.0 Å². The zero-order chi connectivity index (χ0) is 14.5. The molecule has 0 unspecified atom stereocenters. The van der Waals surface area contributed by atoms with E-state index in [1.165, 1.54) is 10.6 Å². The Bertz CT molecular complexity index is 536. The molecule has 20 heavy (non-hydrogen) atoms. The van der Waals surface area contributed by atoms with Crippen molar-refractivity contribution >= 4 is 31.4 Å². The third kappa shape index (κ3) is 2.53. The standard InChI is InChI=1S/C18H20BrP/c1-3-15-20(19,16-4-2,17-11-7-5-8-12-17)18-13-9-6-10-14-18/h3-14H,1-2,15-16H2. The zero-order valence-corrected chi connectivity index (χ0v) is 14.1. The molecular formula is C18H20BrP. The Hall–Kier alpha value is -1.17. The van der Waals surface area contributed by atoms with Gasteiger partial charge in [0.1, 0.15) is 0 Å². The van der Waals surface area contributed by atoms with Crippen LogP contribution in [0.15, 0.2) is 86.0 Å². The molecule has 0 radical (unpaired) electrons. The molecule has 0 spiro atoms. The average molecular weight is 347 g/mol. The Morgan fingerprint density at radius 3 is 1.40 bits per heavy atom. The summed E-state index contributed by atoms with van der Waals surface area (Å²) in [6.45, 7) is 7.98. The summed E-state index contributed by atoms with van der Waals surface area (Å²) in [5.74, 6) is 0. The topological polar surface area (TPSA) is 0 Å². The fourth-order valence-electron chi connectivity index (χ4n) is 2.72. The first-order valence-electron chi connectivity index (χ1n) is 6.70. The molecule has 2 rings (SSSR count). The average Bonchev–Trinajstić information content (AvgIpc) is 2.50. The first kappa shape index (κ1) is 15.2. The third-order valence-electron chi connectivity index (χ3n) is 3.72. The minimum absolute atomic E-state index is 0.922. The molecule has 0 aliphatic carbocycles. The van der Waals surface area contributed by atoms with E-state index in [1.807, 2.05) is 12.2 Å². The van der Waals surface area contributed by atoms with Crippen LogP contribution in [0.25, 0.3) is 0 Å². The van der Waals surface area contributed by atoms with Gasteiger partial charge < -0.3 is 0 Å². The zero-order valence-electron chi connectivity index (χ0n) is 11.6. The van der Waals surface area contributed by atoms with Crippen LogP contribution in [-0.2, 0) is 0 Å². The summed E-state index contributed by atoms with van der Waals surface area (Å²) < 4.78 is 0. The Morgan fingerprint density at radius 1 is 0.750 bits per heavy atom. The maximum atomic E-state index is 4.22. The fraction of sp³-hybridized carbons (Fsp3) is 0.111. The summed E-state index contributed by atoms with van der Waals surface area (Å²) in [4.78, 5) is 0. The van der Waals surface area contributed by atoms with Gasteiger partial charge in [-0.1, -0.05) is 0 Å². The molecule has 0 heterocycles. The van der Waals surface area contributed by atoms with E-state index in [-0.39, 0.29) is 0 Å². The number of hydrogen-bond donors (Lipinski definition) is 0. The predicted octanol–water partition coefficient (Wildman–Crippen LogP) is 4.87. The van der Waals surface area contributed by atoms with Crippen LogP contribution in [0.1, 0.15) is 0 Å². The molecule has 104 valence electrons. The van der Waals surface area contributed by atoms with Gasteiger partial charge in [-0.2, -0.15) is 0 Å². The van der Waals surface area contributed by atoms with Crippen LogP contribution in [0.3, 0.4) is 0 Å². The molecule has 0 N–H and O–H groups in total. The fourth-order valence-corrected chi connectivity index (χ4v) is 9.45. The van der Waals surface area contributed by atoms with Crippen molar-refractivity contribution in [2.24, 2.45) is 0 Å². The van der Waals surface area contributed by atoms with Gasteiger partial charge >= 0.3 is 130 Å². The van der Waals surface area contributed by atoms with Gasteiger partial charge in [-0.05, 0) is 0 Å². The Kier molecular flexibility index (Phi) is 4.62. The number of rotatable bonds is 6. The van der Waals surface area contributed by atoms with Gasteiger partial charge in [0.05, 0.1) is 0 Å². The van der Waals surface area contributed by atoms with Crippen LogP contribution >= 0.6 is 20.8 Å². The van der Waals surface area contributed by atoms with Crippen LogP contribution in [-0.4, -0.2) is 12.3 Å². The van der Waals surface area contributed by atoms with Gasteiger partial charge in [-0.15, -0.1) is 0 Å². The van der Waals surface area contributed by atoms with Crippen molar-refractivity contribution < 1.29 is 0 Å². The van der Waals surface area contributed by atoms with E-state index >= 15 is 0 Å². The van der Waals surface area contributed by atoms with E-state index in [0.717, 1.165) is 12.3 Å². The Labute approximate surface area is 129 Å². The first-order valence-corrected chi connectivity index (χ1v) is 11.3. The van der Waals surface area contributed by atoms with Gasteiger partial charge in [0.25, 0.3) is 0 Å². The van der Waals surface area contributed by atoms with Gasteiger partial charge in [0, 0.05) is 0 Å². The molecule has 0 bridgehead atoms. The molecule has 0 saturated heterocycles. The van der Waals surface area contributed by atoms with E-state index in [9.17, 15) is 0 Å². The molecule has 0 amide bonds. The molecule has 0 atom stereocenters. The van der Waals surface area contributed by atoms with Gasteiger partial charge in [0.2, 0.25) is 0 Å². The van der Waals surface area contributed by atoms with Crippen LogP contribution in [0, 0.1) is 0 Å². The van der Waals surface area contributed by atoms with E-state index in [1.54, 1.807) is 0 Å². The summed E-state index contributed by atoms with van der Waals surface area (Å²) in [6, 6.07) is 21.4. The monoisotopic (exact) mass is 346 g/mol. The third-order valence-corrected chi connectivity index (χ3v) is 12.9. The second-order valence-electron chi connectivity index (χ2n) is 4.99. The van der Waals surface area contributed by atoms with Crippen LogP contribution in [0.4, 0.5) is 0 Å². The Morgan fingerprint density at radius 2 is 1.10 bits per heavy atom. The first-order chi connectivity index (χ1) is 9.64. The second kappa shape index (κ2) is 6.08. The number of benzene rings is 2. The van der Waals surface area contributed by atoms with Crippen molar-refractivity contribution in [3.63, 3.8) is 0 Å². The maximum absolute atomic E-state index is 4.22. The van der Waals surface area contributed by atoms with E-state index < -0.39 is 5.31 Å². The quantitative estimate of drug-likeness (QED) is 0.516. The molecule has 2 aromatic rings. The number of halogens is 1. The van der Waals surface area contributed by atoms with Crippen molar-refractivity contribution in [3.8, 4) is 0 Å². The van der Waals surface area contributed by atoms with Gasteiger partial charge in [-0.25, -0.2) is 0 Å². The summed E-state index contributed by atoms with van der Waals surface area (Å²) >= 11 is 4.22. The van der Waals surface area contributed by atoms with Gasteiger partial charge in [-0.3, -0.25) is 0 Å². The molecule has 2 heteroatoms. The van der Waals surface area contributed by atoms with Crippen LogP contribution < -0.4 is 10.6 Å². The summed E-state index contributed by atoms with van der Waals surface area (Å²) in [5.41, 5.74) is 0. The summed E-state index contributed by atoms with van der Waals surface area (Å²) in [7, 11) is 0. The molecule has 2 aromatic carbocycles. The van der Waals surface area contributed by atoms with Crippen LogP contribution in [0.2, 0.25) is 0 Å². The molecular weight excluding hydrogens is 327 g/mol. The van der Waals surface area contributed by atoms with Crippen molar-refractivity contribution in [1.82, 2.24) is 0 Å². The molecule has 0 aliphatic heterocycles. The molecule has 0 aliphatic rings. The van der Waals surface area contributed by atoms with Crippen LogP contribution in [0.5, 0.6) is 0 Å². The second-order valence-corrected chi connectivity index (χ2v) is 14.6. The number of hydrogen-bond acceptors (Lipinski definition) is 0. The molecule has 0 nitrogen and oxygen atoms in total. The SMILES string of the molecule is C=CCP(Br)(CC=C)(c1ccccc1)c1ccccc1. The summed E-state index contributed by atoms with van der Waals surface area (Å²) in [6.07, 6.45) is 5.89. The molecule has 0 aromatic heterocycles. The molecule has 0 fully saturated rings. The summed E-state index contributed by atoms with van der Waals surface area (Å²) in [5, 5.41) is 0.236. The Balaban J connectivity index is 2.76. The molecule has 0 saturated carbocycles. The van der Waals surface area contributed by atoms with Crippen molar-refractivity contribution in [2.75, 3.05) is 12.3 Å². The number of allylic oxidation sites excluding steroid dienone is 2. The van der Waals surface area contributed by atoms with Crippen molar-refractivity contribution in [2.45, 2.75) is 0 Å². The van der Waals surface area contributed by atoms with E-state index in [0.29, 0.717) is 0 Å².